The number of rotatable bonds is 6. The third-order valence-corrected chi connectivity index (χ3v) is 4.89. The van der Waals surface area contributed by atoms with E-state index in [1.807, 2.05) is 32.0 Å². The number of aryl methyl sites for hydroxylation is 1. The molecule has 19 heavy (non-hydrogen) atoms. The maximum absolute atomic E-state index is 12.2. The maximum atomic E-state index is 12.2. The monoisotopic (exact) mass is 281 g/mol. The van der Waals surface area contributed by atoms with Gasteiger partial charge in [-0.3, -0.25) is 9.00 Å². The van der Waals surface area contributed by atoms with Gasteiger partial charge in [-0.25, -0.2) is 0 Å². The second-order valence-electron chi connectivity index (χ2n) is 5.03. The molecule has 0 aliphatic carbocycles. The number of benzene rings is 1. The highest BCUT2D eigenvalue weighted by Gasteiger charge is 2.14. The number of carbonyl (C=O) groups excluding carboxylic acids is 1. The van der Waals surface area contributed by atoms with Gasteiger partial charge in [0, 0.05) is 37.1 Å². The molecule has 1 amide bonds. The van der Waals surface area contributed by atoms with Gasteiger partial charge in [-0.1, -0.05) is 29.8 Å². The van der Waals surface area contributed by atoms with Crippen molar-refractivity contribution in [2.45, 2.75) is 31.9 Å². The normalized spacial score (nSPS) is 13.9. The van der Waals surface area contributed by atoms with E-state index < -0.39 is 10.8 Å². The van der Waals surface area contributed by atoms with Crippen LogP contribution >= 0.6 is 0 Å². The first-order chi connectivity index (χ1) is 8.91. The van der Waals surface area contributed by atoms with Gasteiger partial charge in [0.15, 0.2) is 0 Å². The molecule has 0 radical (unpaired) electrons. The first-order valence-electron chi connectivity index (χ1n) is 6.55. The van der Waals surface area contributed by atoms with Crippen LogP contribution in [-0.4, -0.2) is 34.9 Å². The molecule has 0 aliphatic rings. The van der Waals surface area contributed by atoms with E-state index in [-0.39, 0.29) is 11.2 Å². The number of hydrogen-bond donors (Lipinski definition) is 0. The van der Waals surface area contributed by atoms with Crippen LogP contribution < -0.4 is 0 Å². The quantitative estimate of drug-likeness (QED) is 0.804. The van der Waals surface area contributed by atoms with Crippen molar-refractivity contribution in [1.29, 1.82) is 0 Å². The van der Waals surface area contributed by atoms with Crippen molar-refractivity contribution in [3.05, 3.63) is 35.4 Å². The van der Waals surface area contributed by atoms with Crippen LogP contribution in [0, 0.1) is 6.92 Å². The Morgan fingerprint density at radius 2 is 2.05 bits per heavy atom. The number of hydrogen-bond acceptors (Lipinski definition) is 2. The van der Waals surface area contributed by atoms with Crippen molar-refractivity contribution in [2.75, 3.05) is 19.8 Å². The molecule has 0 aliphatic heterocycles. The van der Waals surface area contributed by atoms with Crippen LogP contribution in [0.4, 0.5) is 0 Å². The number of carbonyl (C=O) groups is 1. The van der Waals surface area contributed by atoms with Crippen molar-refractivity contribution in [3.8, 4) is 0 Å². The van der Waals surface area contributed by atoms with Gasteiger partial charge in [0.05, 0.1) is 5.25 Å². The molecule has 106 valence electrons. The van der Waals surface area contributed by atoms with Crippen LogP contribution in [0.5, 0.6) is 0 Å². The highest BCUT2D eigenvalue weighted by Crippen LogP contribution is 2.21. The number of amides is 1. The van der Waals surface area contributed by atoms with Gasteiger partial charge in [-0.2, -0.15) is 0 Å². The molecule has 0 unspecified atom stereocenters. The van der Waals surface area contributed by atoms with Gasteiger partial charge in [-0.05, 0) is 25.8 Å². The maximum Gasteiger partial charge on any atom is 0.222 e. The Bertz CT molecular complexity index is 457. The second kappa shape index (κ2) is 7.43. The second-order valence-corrected chi connectivity index (χ2v) is 6.91. The zero-order valence-electron chi connectivity index (χ0n) is 12.2. The van der Waals surface area contributed by atoms with Crippen molar-refractivity contribution in [1.82, 2.24) is 4.90 Å². The summed E-state index contributed by atoms with van der Waals surface area (Å²) in [5.41, 5.74) is 2.29. The molecule has 0 N–H and O–H groups in total. The number of nitrogens with zero attached hydrogens (tertiary/aromatic N) is 1. The van der Waals surface area contributed by atoms with E-state index in [9.17, 15) is 9.00 Å². The van der Waals surface area contributed by atoms with Crippen LogP contribution in [0.2, 0.25) is 0 Å². The van der Waals surface area contributed by atoms with E-state index in [1.165, 1.54) is 5.56 Å². The molecule has 0 saturated heterocycles. The summed E-state index contributed by atoms with van der Waals surface area (Å²) >= 11 is 0. The molecule has 1 rings (SSSR count). The minimum absolute atomic E-state index is 0.0226. The molecule has 4 heteroatoms. The summed E-state index contributed by atoms with van der Waals surface area (Å²) in [4.78, 5) is 13.0. The largest absolute Gasteiger partial charge is 0.349 e. The van der Waals surface area contributed by atoms with Crippen LogP contribution in [0.1, 0.15) is 36.1 Å². The Morgan fingerprint density at radius 3 is 2.63 bits per heavy atom. The van der Waals surface area contributed by atoms with Gasteiger partial charge in [0.2, 0.25) is 5.91 Å². The lowest BCUT2D eigenvalue weighted by atomic mass is 10.1. The Morgan fingerprint density at radius 1 is 1.37 bits per heavy atom. The van der Waals surface area contributed by atoms with Crippen LogP contribution in [0.3, 0.4) is 0 Å². The molecule has 0 spiro atoms. The van der Waals surface area contributed by atoms with Gasteiger partial charge >= 0.3 is 0 Å². The van der Waals surface area contributed by atoms with E-state index in [0.717, 1.165) is 5.56 Å². The molecule has 3 nitrogen and oxygen atoms in total. The Labute approximate surface area is 118 Å². The topological polar surface area (TPSA) is 37.4 Å². The Hall–Kier alpha value is -1.16. The van der Waals surface area contributed by atoms with Gasteiger partial charge in [-0.15, -0.1) is 0 Å². The lowest BCUT2D eigenvalue weighted by Gasteiger charge is -2.13. The molecular weight excluding hydrogens is 258 g/mol. The summed E-state index contributed by atoms with van der Waals surface area (Å²) in [6, 6.07) is 8.12. The smallest absolute Gasteiger partial charge is 0.222 e. The summed E-state index contributed by atoms with van der Waals surface area (Å²) < 4.78 is 12.2. The summed E-state index contributed by atoms with van der Waals surface area (Å²) in [5, 5.41) is 0.0226. The fraction of sp³-hybridized carbons (Fsp3) is 0.533. The lowest BCUT2D eigenvalue weighted by Crippen LogP contribution is -2.22. The summed E-state index contributed by atoms with van der Waals surface area (Å²) in [5.74, 6) is 0.675. The van der Waals surface area contributed by atoms with Crippen LogP contribution in [0.25, 0.3) is 0 Å². The molecule has 0 saturated carbocycles. The molecule has 0 aromatic heterocycles. The molecule has 1 aromatic rings. The van der Waals surface area contributed by atoms with Crippen molar-refractivity contribution < 1.29 is 9.00 Å². The fourth-order valence-electron chi connectivity index (χ4n) is 1.84. The SMILES string of the molecule is Cc1cccc([C@H](C)[S@@](=O)CCCC(=O)N(C)C)c1. The fourth-order valence-corrected chi connectivity index (χ4v) is 3.07. The summed E-state index contributed by atoms with van der Waals surface area (Å²) in [6.45, 7) is 4.02. The minimum atomic E-state index is -0.924. The average Bonchev–Trinajstić information content (AvgIpc) is 2.37. The van der Waals surface area contributed by atoms with E-state index in [1.54, 1.807) is 19.0 Å². The van der Waals surface area contributed by atoms with Gasteiger partial charge in [0.1, 0.15) is 0 Å². The zero-order valence-corrected chi connectivity index (χ0v) is 13.0. The standard InChI is InChI=1S/C15H23NO2S/c1-12-7-5-8-14(11-12)13(2)19(18)10-6-9-15(17)16(3)4/h5,7-8,11,13H,6,9-10H2,1-4H3/t13-,19-/m0/s1. The first kappa shape index (κ1) is 15.9. The molecule has 0 fully saturated rings. The molecule has 0 bridgehead atoms. The summed E-state index contributed by atoms with van der Waals surface area (Å²) in [6.07, 6.45) is 1.15. The van der Waals surface area contributed by atoms with Crippen molar-refractivity contribution in [2.24, 2.45) is 0 Å². The molecule has 2 atom stereocenters. The third-order valence-electron chi connectivity index (χ3n) is 3.14. The first-order valence-corrected chi connectivity index (χ1v) is 7.94. The lowest BCUT2D eigenvalue weighted by molar-refractivity contribution is -0.128. The highest BCUT2D eigenvalue weighted by molar-refractivity contribution is 7.85. The average molecular weight is 281 g/mol. The predicted molar refractivity (Wildman–Crippen MR) is 80.5 cm³/mol. The van der Waals surface area contributed by atoms with E-state index >= 15 is 0 Å². The van der Waals surface area contributed by atoms with Gasteiger partial charge in [0.25, 0.3) is 0 Å². The van der Waals surface area contributed by atoms with E-state index in [0.29, 0.717) is 18.6 Å². The van der Waals surface area contributed by atoms with Crippen LogP contribution in [-0.2, 0) is 15.6 Å². The Balaban J connectivity index is 2.48. The molecule has 1 aromatic carbocycles. The van der Waals surface area contributed by atoms with Gasteiger partial charge < -0.3 is 4.90 Å². The van der Waals surface area contributed by atoms with Crippen molar-refractivity contribution in [3.63, 3.8) is 0 Å². The van der Waals surface area contributed by atoms with Crippen molar-refractivity contribution >= 4 is 16.7 Å². The van der Waals surface area contributed by atoms with E-state index in [4.69, 9.17) is 0 Å². The third kappa shape index (κ3) is 5.15. The minimum Gasteiger partial charge on any atom is -0.349 e. The van der Waals surface area contributed by atoms with Crippen LogP contribution in [0.15, 0.2) is 24.3 Å². The summed E-state index contributed by atoms with van der Waals surface area (Å²) in [7, 11) is 2.57. The highest BCUT2D eigenvalue weighted by atomic mass is 32.2. The zero-order chi connectivity index (χ0) is 14.4. The molecule has 0 heterocycles. The predicted octanol–water partition coefficient (Wildman–Crippen LogP) is 2.67. The molecular formula is C15H23NO2S. The van der Waals surface area contributed by atoms with E-state index in [2.05, 4.69) is 6.07 Å². The Kier molecular flexibility index (Phi) is 6.22.